The number of halogens is 1. The van der Waals surface area contributed by atoms with E-state index in [9.17, 15) is 8.42 Å². The lowest BCUT2D eigenvalue weighted by molar-refractivity contribution is 0.582. The number of hydrogen-bond acceptors (Lipinski definition) is 4. The zero-order chi connectivity index (χ0) is 15.3. The minimum Gasteiger partial charge on any atom is -0.320 e. The molecule has 7 heteroatoms. The molecule has 3 N–H and O–H groups in total. The number of sulfonamides is 1. The van der Waals surface area contributed by atoms with E-state index < -0.39 is 10.0 Å². The largest absolute Gasteiger partial charge is 0.320 e. The highest BCUT2D eigenvalue weighted by Crippen LogP contribution is 2.21. The van der Waals surface area contributed by atoms with Crippen LogP contribution in [-0.4, -0.2) is 15.0 Å². The Morgan fingerprint density at radius 1 is 1.19 bits per heavy atom. The van der Waals surface area contributed by atoms with Crippen molar-refractivity contribution in [1.29, 1.82) is 0 Å². The van der Waals surface area contributed by atoms with Crippen molar-refractivity contribution in [3.05, 3.63) is 51.2 Å². The summed E-state index contributed by atoms with van der Waals surface area (Å²) in [5.74, 6) is 5.55. The van der Waals surface area contributed by atoms with Crippen LogP contribution in [0, 0.1) is 11.8 Å². The third kappa shape index (κ3) is 4.56. The van der Waals surface area contributed by atoms with Crippen LogP contribution in [0.2, 0.25) is 4.34 Å². The van der Waals surface area contributed by atoms with Gasteiger partial charge in [0.15, 0.2) is 0 Å². The molecule has 0 saturated carbocycles. The first-order chi connectivity index (χ1) is 10.0. The quantitative estimate of drug-likeness (QED) is 0.838. The molecule has 0 aliphatic carbocycles. The Morgan fingerprint density at radius 2 is 1.90 bits per heavy atom. The predicted molar refractivity (Wildman–Crippen MR) is 85.7 cm³/mol. The first-order valence-corrected chi connectivity index (χ1v) is 8.72. The molecule has 110 valence electrons. The van der Waals surface area contributed by atoms with Gasteiger partial charge in [0, 0.05) is 17.0 Å². The zero-order valence-corrected chi connectivity index (χ0v) is 13.4. The van der Waals surface area contributed by atoms with Crippen LogP contribution >= 0.6 is 22.9 Å². The highest BCUT2D eigenvalue weighted by molar-refractivity contribution is 7.89. The Morgan fingerprint density at radius 3 is 2.48 bits per heavy atom. The minimum atomic E-state index is -3.55. The van der Waals surface area contributed by atoms with Crippen LogP contribution in [-0.2, 0) is 16.6 Å². The highest BCUT2D eigenvalue weighted by Gasteiger charge is 2.13. The second-order valence-electron chi connectivity index (χ2n) is 4.06. The Hall–Kier alpha value is -1.36. The van der Waals surface area contributed by atoms with Crippen LogP contribution in [0.5, 0.6) is 0 Å². The molecule has 1 heterocycles. The van der Waals surface area contributed by atoms with E-state index in [4.69, 9.17) is 17.3 Å². The minimum absolute atomic E-state index is 0.198. The molecule has 1 aromatic carbocycles. The van der Waals surface area contributed by atoms with Gasteiger partial charge in [-0.3, -0.25) is 0 Å². The Kier molecular flexibility index (Phi) is 5.39. The summed E-state index contributed by atoms with van der Waals surface area (Å²) in [4.78, 5) is 1.05. The molecular formula is C14H13ClN2O2S2. The van der Waals surface area contributed by atoms with Crippen LogP contribution in [0.15, 0.2) is 41.3 Å². The first-order valence-electron chi connectivity index (χ1n) is 6.04. The summed E-state index contributed by atoms with van der Waals surface area (Å²) in [5, 5.41) is 0. The van der Waals surface area contributed by atoms with Crippen molar-refractivity contribution < 1.29 is 8.42 Å². The highest BCUT2D eigenvalue weighted by atomic mass is 35.5. The fourth-order valence-corrected chi connectivity index (χ4v) is 3.69. The van der Waals surface area contributed by atoms with E-state index in [1.165, 1.54) is 23.5 Å². The number of thiophene rings is 1. The topological polar surface area (TPSA) is 72.2 Å². The fourth-order valence-electron chi connectivity index (χ4n) is 1.57. The first kappa shape index (κ1) is 16.0. The molecule has 2 rings (SSSR count). The van der Waals surface area contributed by atoms with Crippen LogP contribution in [0.25, 0.3) is 0 Å². The normalized spacial score (nSPS) is 11.0. The summed E-state index contributed by atoms with van der Waals surface area (Å²) in [6.45, 7) is 0.486. The molecular weight excluding hydrogens is 328 g/mol. The van der Waals surface area contributed by atoms with E-state index in [0.717, 1.165) is 10.4 Å². The maximum atomic E-state index is 12.1. The van der Waals surface area contributed by atoms with E-state index in [-0.39, 0.29) is 18.0 Å². The fraction of sp³-hybridized carbons (Fsp3) is 0.143. The van der Waals surface area contributed by atoms with Crippen molar-refractivity contribution in [1.82, 2.24) is 4.72 Å². The van der Waals surface area contributed by atoms with Gasteiger partial charge in [-0.25, -0.2) is 13.1 Å². The number of rotatable bonds is 4. The van der Waals surface area contributed by atoms with Crippen molar-refractivity contribution in [3.63, 3.8) is 0 Å². The van der Waals surface area contributed by atoms with Gasteiger partial charge in [0.25, 0.3) is 0 Å². The van der Waals surface area contributed by atoms with Gasteiger partial charge in [-0.1, -0.05) is 23.4 Å². The molecule has 1 aromatic heterocycles. The average molecular weight is 341 g/mol. The van der Waals surface area contributed by atoms with Crippen molar-refractivity contribution in [2.45, 2.75) is 11.4 Å². The summed E-state index contributed by atoms with van der Waals surface area (Å²) in [6, 6.07) is 9.87. The molecule has 0 aliphatic heterocycles. The van der Waals surface area contributed by atoms with E-state index >= 15 is 0 Å². The van der Waals surface area contributed by atoms with Crippen molar-refractivity contribution in [2.24, 2.45) is 5.73 Å². The standard InChI is InChI=1S/C14H13ClN2O2S2/c15-14-8-5-12(20-14)10-17-21(18,19)13-6-3-11(4-7-13)2-1-9-16/h3-8,17H,9-10,16H2. The van der Waals surface area contributed by atoms with Crippen molar-refractivity contribution in [2.75, 3.05) is 6.54 Å². The maximum absolute atomic E-state index is 12.1. The maximum Gasteiger partial charge on any atom is 0.240 e. The van der Waals surface area contributed by atoms with Gasteiger partial charge in [0.1, 0.15) is 0 Å². The molecule has 0 amide bonds. The second kappa shape index (κ2) is 7.07. The third-order valence-electron chi connectivity index (χ3n) is 2.56. The molecule has 0 fully saturated rings. The summed E-state index contributed by atoms with van der Waals surface area (Å²) in [6.07, 6.45) is 0. The van der Waals surface area contributed by atoms with Gasteiger partial charge in [-0.2, -0.15) is 0 Å². The zero-order valence-electron chi connectivity index (χ0n) is 11.0. The number of benzene rings is 1. The molecule has 21 heavy (non-hydrogen) atoms. The van der Waals surface area contributed by atoms with Gasteiger partial charge >= 0.3 is 0 Å². The smallest absolute Gasteiger partial charge is 0.240 e. The Bertz CT molecular complexity index is 771. The molecule has 0 radical (unpaired) electrons. The van der Waals surface area contributed by atoms with Gasteiger partial charge in [0.05, 0.1) is 15.8 Å². The molecule has 0 bridgehead atoms. The molecule has 0 unspecified atom stereocenters. The lowest BCUT2D eigenvalue weighted by Gasteiger charge is -2.05. The molecule has 0 aliphatic rings. The second-order valence-corrected chi connectivity index (χ2v) is 7.63. The summed E-state index contributed by atoms with van der Waals surface area (Å²) in [5.41, 5.74) is 6.01. The Labute approximate surface area is 133 Å². The summed E-state index contributed by atoms with van der Waals surface area (Å²) >= 11 is 7.15. The van der Waals surface area contributed by atoms with E-state index in [0.29, 0.717) is 4.34 Å². The number of nitrogens with one attached hydrogen (secondary N) is 1. The molecule has 0 atom stereocenters. The van der Waals surface area contributed by atoms with E-state index in [1.807, 2.05) is 0 Å². The summed E-state index contributed by atoms with van der Waals surface area (Å²) < 4.78 is 27.5. The summed E-state index contributed by atoms with van der Waals surface area (Å²) in [7, 11) is -3.55. The van der Waals surface area contributed by atoms with Crippen molar-refractivity contribution in [3.8, 4) is 11.8 Å². The number of hydrogen-bond donors (Lipinski definition) is 2. The predicted octanol–water partition coefficient (Wildman–Crippen LogP) is 2.19. The van der Waals surface area contributed by atoms with Crippen LogP contribution in [0.3, 0.4) is 0 Å². The van der Waals surface area contributed by atoms with Gasteiger partial charge in [-0.15, -0.1) is 11.3 Å². The molecule has 0 saturated heterocycles. The van der Waals surface area contributed by atoms with Gasteiger partial charge in [-0.05, 0) is 36.4 Å². The van der Waals surface area contributed by atoms with Crippen molar-refractivity contribution >= 4 is 33.0 Å². The average Bonchev–Trinajstić information content (AvgIpc) is 2.89. The van der Waals surface area contributed by atoms with Crippen LogP contribution in [0.4, 0.5) is 0 Å². The van der Waals surface area contributed by atoms with Gasteiger partial charge in [0.2, 0.25) is 10.0 Å². The lowest BCUT2D eigenvalue weighted by atomic mass is 10.2. The van der Waals surface area contributed by atoms with Gasteiger partial charge < -0.3 is 5.73 Å². The SMILES string of the molecule is NCC#Cc1ccc(S(=O)(=O)NCc2ccc(Cl)s2)cc1. The molecule has 4 nitrogen and oxygen atoms in total. The van der Waals surface area contributed by atoms with Crippen LogP contribution < -0.4 is 10.5 Å². The van der Waals surface area contributed by atoms with Crippen LogP contribution in [0.1, 0.15) is 10.4 Å². The molecule has 2 aromatic rings. The third-order valence-corrected chi connectivity index (χ3v) is 5.21. The molecule has 0 spiro atoms. The van der Waals surface area contributed by atoms with E-state index in [2.05, 4.69) is 16.6 Å². The Balaban J connectivity index is 2.08. The lowest BCUT2D eigenvalue weighted by Crippen LogP contribution is -2.22. The number of nitrogens with two attached hydrogens (primary N) is 1. The monoisotopic (exact) mass is 340 g/mol. The van der Waals surface area contributed by atoms with E-state index in [1.54, 1.807) is 24.3 Å².